The fourth-order valence-electron chi connectivity index (χ4n) is 3.08. The molecule has 1 aliphatic rings. The lowest BCUT2D eigenvalue weighted by Gasteiger charge is -2.27. The molecule has 1 heterocycles. The highest BCUT2D eigenvalue weighted by molar-refractivity contribution is 9.10. The minimum absolute atomic E-state index is 0.197. The van der Waals surface area contributed by atoms with E-state index in [-0.39, 0.29) is 11.7 Å². The standard InChI is InChI=1S/C15H23BrN2O/c1-3-8-18-14(13(16)10-17-18)15(19)12-7-5-6-11(4-2)9-12/h10-12H,3-9H2,1-2H3. The molecular weight excluding hydrogens is 304 g/mol. The topological polar surface area (TPSA) is 34.9 Å². The molecule has 106 valence electrons. The van der Waals surface area contributed by atoms with Crippen LogP contribution in [0.1, 0.15) is 62.9 Å². The highest BCUT2D eigenvalue weighted by Crippen LogP contribution is 2.34. The minimum atomic E-state index is 0.197. The summed E-state index contributed by atoms with van der Waals surface area (Å²) >= 11 is 3.48. The third-order valence-electron chi connectivity index (χ3n) is 4.19. The van der Waals surface area contributed by atoms with E-state index in [0.717, 1.165) is 41.9 Å². The maximum absolute atomic E-state index is 12.7. The van der Waals surface area contributed by atoms with Crippen LogP contribution in [-0.4, -0.2) is 15.6 Å². The first kappa shape index (κ1) is 14.8. The fourth-order valence-corrected chi connectivity index (χ4v) is 3.57. The number of aryl methyl sites for hydroxylation is 1. The average Bonchev–Trinajstić information content (AvgIpc) is 2.79. The van der Waals surface area contributed by atoms with Crippen LogP contribution in [0.15, 0.2) is 10.7 Å². The van der Waals surface area contributed by atoms with Crippen molar-refractivity contribution in [3.8, 4) is 0 Å². The Labute approximate surface area is 123 Å². The molecule has 2 rings (SSSR count). The van der Waals surface area contributed by atoms with Gasteiger partial charge >= 0.3 is 0 Å². The van der Waals surface area contributed by atoms with E-state index in [9.17, 15) is 4.79 Å². The van der Waals surface area contributed by atoms with Crippen LogP contribution in [0.2, 0.25) is 0 Å². The molecule has 2 atom stereocenters. The Kier molecular flexibility index (Phi) is 5.20. The Bertz CT molecular complexity index is 441. The minimum Gasteiger partial charge on any atom is -0.292 e. The van der Waals surface area contributed by atoms with E-state index in [2.05, 4.69) is 34.9 Å². The number of nitrogens with zero attached hydrogens (tertiary/aromatic N) is 2. The molecular formula is C15H23BrN2O. The van der Waals surface area contributed by atoms with Crippen LogP contribution in [0.3, 0.4) is 0 Å². The summed E-state index contributed by atoms with van der Waals surface area (Å²) in [6.45, 7) is 5.16. The smallest absolute Gasteiger partial charge is 0.185 e. The van der Waals surface area contributed by atoms with E-state index in [1.807, 2.05) is 4.68 Å². The van der Waals surface area contributed by atoms with Crippen molar-refractivity contribution in [2.24, 2.45) is 11.8 Å². The molecule has 1 saturated carbocycles. The second-order valence-electron chi connectivity index (χ2n) is 5.57. The summed E-state index contributed by atoms with van der Waals surface area (Å²) in [5, 5.41) is 4.31. The highest BCUT2D eigenvalue weighted by atomic mass is 79.9. The molecule has 0 N–H and O–H groups in total. The van der Waals surface area contributed by atoms with Crippen molar-refractivity contribution in [3.05, 3.63) is 16.4 Å². The van der Waals surface area contributed by atoms with E-state index in [0.29, 0.717) is 0 Å². The summed E-state index contributed by atoms with van der Waals surface area (Å²) < 4.78 is 2.71. The summed E-state index contributed by atoms with van der Waals surface area (Å²) in [5.74, 6) is 1.21. The van der Waals surface area contributed by atoms with Gasteiger partial charge in [-0.3, -0.25) is 9.48 Å². The molecule has 0 amide bonds. The number of Topliss-reactive ketones (excluding diaryl/α,β-unsaturated/α-hetero) is 1. The van der Waals surface area contributed by atoms with E-state index in [1.165, 1.54) is 19.3 Å². The Morgan fingerprint density at radius 1 is 1.47 bits per heavy atom. The number of aromatic nitrogens is 2. The van der Waals surface area contributed by atoms with Crippen molar-refractivity contribution >= 4 is 21.7 Å². The maximum atomic E-state index is 12.7. The van der Waals surface area contributed by atoms with Gasteiger partial charge in [-0.15, -0.1) is 0 Å². The fraction of sp³-hybridized carbons (Fsp3) is 0.733. The van der Waals surface area contributed by atoms with E-state index < -0.39 is 0 Å². The molecule has 3 nitrogen and oxygen atoms in total. The van der Waals surface area contributed by atoms with Gasteiger partial charge in [0.2, 0.25) is 0 Å². The Morgan fingerprint density at radius 2 is 2.26 bits per heavy atom. The Balaban J connectivity index is 2.16. The van der Waals surface area contributed by atoms with Crippen molar-refractivity contribution < 1.29 is 4.79 Å². The van der Waals surface area contributed by atoms with Gasteiger partial charge in [-0.05, 0) is 41.1 Å². The van der Waals surface area contributed by atoms with Gasteiger partial charge in [-0.2, -0.15) is 5.10 Å². The first-order valence-corrected chi connectivity index (χ1v) is 8.22. The number of halogens is 1. The zero-order chi connectivity index (χ0) is 13.8. The third kappa shape index (κ3) is 3.28. The number of hydrogen-bond acceptors (Lipinski definition) is 2. The molecule has 19 heavy (non-hydrogen) atoms. The van der Waals surface area contributed by atoms with Crippen LogP contribution < -0.4 is 0 Å². The van der Waals surface area contributed by atoms with Crippen LogP contribution in [0, 0.1) is 11.8 Å². The first-order valence-electron chi connectivity index (χ1n) is 7.42. The van der Waals surface area contributed by atoms with Gasteiger partial charge < -0.3 is 0 Å². The largest absolute Gasteiger partial charge is 0.292 e. The zero-order valence-electron chi connectivity index (χ0n) is 11.9. The summed E-state index contributed by atoms with van der Waals surface area (Å²) in [6, 6.07) is 0. The molecule has 2 unspecified atom stereocenters. The molecule has 0 aliphatic heterocycles. The molecule has 1 aliphatic carbocycles. The second-order valence-corrected chi connectivity index (χ2v) is 6.42. The van der Waals surface area contributed by atoms with E-state index >= 15 is 0 Å². The lowest BCUT2D eigenvalue weighted by molar-refractivity contribution is 0.0849. The normalized spacial score (nSPS) is 23.5. The molecule has 1 aromatic rings. The van der Waals surface area contributed by atoms with E-state index in [1.54, 1.807) is 6.20 Å². The van der Waals surface area contributed by atoms with Crippen LogP contribution in [-0.2, 0) is 6.54 Å². The summed E-state index contributed by atoms with van der Waals surface area (Å²) in [6.07, 6.45) is 8.52. The predicted molar refractivity (Wildman–Crippen MR) is 80.3 cm³/mol. The summed E-state index contributed by atoms with van der Waals surface area (Å²) in [5.41, 5.74) is 0.781. The van der Waals surface area contributed by atoms with Gasteiger partial charge in [0.1, 0.15) is 5.69 Å². The average molecular weight is 327 g/mol. The monoisotopic (exact) mass is 326 g/mol. The molecule has 0 radical (unpaired) electrons. The van der Waals surface area contributed by atoms with Gasteiger partial charge in [0.15, 0.2) is 5.78 Å². The second kappa shape index (κ2) is 6.69. The lowest BCUT2D eigenvalue weighted by Crippen LogP contribution is -2.25. The third-order valence-corrected chi connectivity index (χ3v) is 4.77. The van der Waals surface area contributed by atoms with Crippen LogP contribution in [0.4, 0.5) is 0 Å². The van der Waals surface area contributed by atoms with Gasteiger partial charge in [0.25, 0.3) is 0 Å². The molecule has 1 aromatic heterocycles. The zero-order valence-corrected chi connectivity index (χ0v) is 13.4. The molecule has 1 fully saturated rings. The quantitative estimate of drug-likeness (QED) is 0.749. The molecule has 0 spiro atoms. The number of rotatable bonds is 5. The van der Waals surface area contributed by atoms with E-state index in [4.69, 9.17) is 0 Å². The highest BCUT2D eigenvalue weighted by Gasteiger charge is 2.30. The summed E-state index contributed by atoms with van der Waals surface area (Å²) in [4.78, 5) is 12.7. The number of carbonyl (C=O) groups excluding carboxylic acids is 1. The van der Waals surface area contributed by atoms with Crippen molar-refractivity contribution in [1.82, 2.24) is 9.78 Å². The maximum Gasteiger partial charge on any atom is 0.185 e. The molecule has 0 aromatic carbocycles. The number of hydrogen-bond donors (Lipinski definition) is 0. The van der Waals surface area contributed by atoms with Crippen LogP contribution in [0.5, 0.6) is 0 Å². The van der Waals surface area contributed by atoms with Gasteiger partial charge in [0.05, 0.1) is 10.7 Å². The molecule has 0 bridgehead atoms. The van der Waals surface area contributed by atoms with Crippen molar-refractivity contribution in [1.29, 1.82) is 0 Å². The van der Waals surface area contributed by atoms with Gasteiger partial charge in [0, 0.05) is 12.5 Å². The van der Waals surface area contributed by atoms with Gasteiger partial charge in [-0.25, -0.2) is 0 Å². The Hall–Kier alpha value is -0.640. The molecule has 0 saturated heterocycles. The lowest BCUT2D eigenvalue weighted by atomic mass is 9.78. The Morgan fingerprint density at radius 3 is 2.95 bits per heavy atom. The van der Waals surface area contributed by atoms with Crippen molar-refractivity contribution in [3.63, 3.8) is 0 Å². The van der Waals surface area contributed by atoms with Crippen molar-refractivity contribution in [2.45, 2.75) is 58.9 Å². The first-order chi connectivity index (χ1) is 9.17. The number of ketones is 1. The van der Waals surface area contributed by atoms with Crippen LogP contribution >= 0.6 is 15.9 Å². The summed E-state index contributed by atoms with van der Waals surface area (Å²) in [7, 11) is 0. The number of carbonyl (C=O) groups is 1. The van der Waals surface area contributed by atoms with Gasteiger partial charge in [-0.1, -0.05) is 33.1 Å². The van der Waals surface area contributed by atoms with Crippen LogP contribution in [0.25, 0.3) is 0 Å². The SMILES string of the molecule is CCCn1ncc(Br)c1C(=O)C1CCCC(CC)C1. The van der Waals surface area contributed by atoms with Crippen molar-refractivity contribution in [2.75, 3.05) is 0 Å². The predicted octanol–water partition coefficient (Wildman–Crippen LogP) is 4.45. The molecule has 4 heteroatoms.